The van der Waals surface area contributed by atoms with Crippen LogP contribution in [0.2, 0.25) is 0 Å². The van der Waals surface area contributed by atoms with Gasteiger partial charge in [0.25, 0.3) is 0 Å². The molecule has 6 heteroatoms. The lowest BCUT2D eigenvalue weighted by Gasteiger charge is -2.34. The summed E-state index contributed by atoms with van der Waals surface area (Å²) >= 11 is 0. The van der Waals surface area contributed by atoms with Crippen LogP contribution >= 0.6 is 0 Å². The van der Waals surface area contributed by atoms with E-state index in [1.54, 1.807) is 19.2 Å². The zero-order chi connectivity index (χ0) is 16.1. The van der Waals surface area contributed by atoms with Crippen LogP contribution in [0, 0.1) is 0 Å². The molecule has 1 aliphatic rings. The predicted molar refractivity (Wildman–Crippen MR) is 84.3 cm³/mol. The molecule has 0 fully saturated rings. The molecule has 6 nitrogen and oxygen atoms in total. The van der Waals surface area contributed by atoms with Crippen molar-refractivity contribution in [1.82, 2.24) is 0 Å². The fraction of sp³-hybridized carbons (Fsp3) is 0.500. The second-order valence-corrected chi connectivity index (χ2v) is 5.13. The molecular formula is C16H22N2O4. The third-order valence-electron chi connectivity index (χ3n) is 3.55. The van der Waals surface area contributed by atoms with E-state index in [2.05, 4.69) is 5.32 Å². The molecule has 120 valence electrons. The van der Waals surface area contributed by atoms with Crippen LogP contribution in [0.3, 0.4) is 0 Å². The first-order chi connectivity index (χ1) is 10.6. The Bertz CT molecular complexity index is 559. The quantitative estimate of drug-likeness (QED) is 0.816. The molecule has 0 bridgehead atoms. The smallest absolute Gasteiger partial charge is 0.326 e. The Morgan fingerprint density at radius 1 is 1.36 bits per heavy atom. The van der Waals surface area contributed by atoms with Crippen molar-refractivity contribution in [1.29, 1.82) is 0 Å². The molecule has 2 rings (SSSR count). The van der Waals surface area contributed by atoms with Crippen LogP contribution in [-0.4, -0.2) is 38.2 Å². The number of methoxy groups -OCH3 is 1. The van der Waals surface area contributed by atoms with E-state index >= 15 is 0 Å². The molecule has 1 unspecified atom stereocenters. The van der Waals surface area contributed by atoms with Crippen molar-refractivity contribution < 1.29 is 19.1 Å². The highest BCUT2D eigenvalue weighted by molar-refractivity contribution is 6.07. The fourth-order valence-corrected chi connectivity index (χ4v) is 2.38. The van der Waals surface area contributed by atoms with Crippen molar-refractivity contribution in [2.45, 2.75) is 32.7 Å². The minimum absolute atomic E-state index is 0.0731. The largest absolute Gasteiger partial charge is 0.497 e. The molecule has 0 aromatic heterocycles. The van der Waals surface area contributed by atoms with E-state index in [1.807, 2.05) is 19.9 Å². The maximum atomic E-state index is 12.5. The normalized spacial score (nSPS) is 16.8. The highest BCUT2D eigenvalue weighted by Crippen LogP contribution is 2.35. The number of anilines is 2. The van der Waals surface area contributed by atoms with Gasteiger partial charge in [-0.25, -0.2) is 0 Å². The number of carbonyl (C=O) groups is 2. The minimum atomic E-state index is -0.395. The standard InChI is InChI=1S/C16H22N2O4/c1-4-8-22-15(19)10-18-14-7-6-11(21-3)9-13(14)17-12(5-2)16(18)20/h6-7,9,12,17H,4-5,8,10H2,1-3H3. The highest BCUT2D eigenvalue weighted by Gasteiger charge is 2.33. The van der Waals surface area contributed by atoms with Gasteiger partial charge in [0.1, 0.15) is 18.3 Å². The summed E-state index contributed by atoms with van der Waals surface area (Å²) in [5.41, 5.74) is 1.46. The molecule has 1 aromatic rings. The second-order valence-electron chi connectivity index (χ2n) is 5.13. The molecule has 1 atom stereocenters. The van der Waals surface area contributed by atoms with Crippen molar-refractivity contribution in [3.63, 3.8) is 0 Å². The molecule has 22 heavy (non-hydrogen) atoms. The molecule has 0 spiro atoms. The molecule has 1 amide bonds. The third kappa shape index (κ3) is 3.32. The monoisotopic (exact) mass is 306 g/mol. The van der Waals surface area contributed by atoms with Gasteiger partial charge in [-0.05, 0) is 25.0 Å². The van der Waals surface area contributed by atoms with E-state index in [0.29, 0.717) is 24.5 Å². The van der Waals surface area contributed by atoms with E-state index in [-0.39, 0.29) is 18.5 Å². The number of carbonyl (C=O) groups excluding carboxylic acids is 2. The van der Waals surface area contributed by atoms with Gasteiger partial charge in [-0.2, -0.15) is 0 Å². The zero-order valence-electron chi connectivity index (χ0n) is 13.2. The van der Waals surface area contributed by atoms with Crippen LogP contribution < -0.4 is 15.0 Å². The summed E-state index contributed by atoms with van der Waals surface area (Å²) in [6.45, 7) is 4.15. The van der Waals surface area contributed by atoms with E-state index < -0.39 is 5.97 Å². The first kappa shape index (κ1) is 16.1. The second kappa shape index (κ2) is 7.15. The number of fused-ring (bicyclic) bond motifs is 1. The summed E-state index contributed by atoms with van der Waals surface area (Å²) in [5.74, 6) is 0.186. The molecule has 0 saturated heterocycles. The topological polar surface area (TPSA) is 67.9 Å². The van der Waals surface area contributed by atoms with Crippen molar-refractivity contribution in [3.8, 4) is 5.75 Å². The number of amides is 1. The van der Waals surface area contributed by atoms with Gasteiger partial charge in [-0.3, -0.25) is 14.5 Å². The van der Waals surface area contributed by atoms with E-state index in [9.17, 15) is 9.59 Å². The molecule has 1 heterocycles. The SMILES string of the molecule is CCCOC(=O)CN1C(=O)C(CC)Nc2cc(OC)ccc21. The highest BCUT2D eigenvalue weighted by atomic mass is 16.5. The van der Waals surface area contributed by atoms with E-state index in [0.717, 1.165) is 12.1 Å². The molecule has 0 radical (unpaired) electrons. The van der Waals surface area contributed by atoms with Crippen molar-refractivity contribution >= 4 is 23.3 Å². The van der Waals surface area contributed by atoms with Crippen LogP contribution in [-0.2, 0) is 14.3 Å². The van der Waals surface area contributed by atoms with Crippen LogP contribution in [0.1, 0.15) is 26.7 Å². The van der Waals surface area contributed by atoms with Crippen molar-refractivity contribution in [2.24, 2.45) is 0 Å². The van der Waals surface area contributed by atoms with Gasteiger partial charge in [0.2, 0.25) is 5.91 Å². The number of nitrogens with zero attached hydrogens (tertiary/aromatic N) is 1. The molecular weight excluding hydrogens is 284 g/mol. The van der Waals surface area contributed by atoms with Gasteiger partial charge in [-0.15, -0.1) is 0 Å². The summed E-state index contributed by atoms with van der Waals surface area (Å²) in [7, 11) is 1.59. The lowest BCUT2D eigenvalue weighted by atomic mass is 10.1. The summed E-state index contributed by atoms with van der Waals surface area (Å²) in [6.07, 6.45) is 1.39. The Kier molecular flexibility index (Phi) is 5.25. The Labute approximate surface area is 130 Å². The van der Waals surface area contributed by atoms with Crippen LogP contribution in [0.25, 0.3) is 0 Å². The average molecular weight is 306 g/mol. The van der Waals surface area contributed by atoms with Gasteiger partial charge in [0.05, 0.1) is 25.1 Å². The van der Waals surface area contributed by atoms with E-state index in [1.165, 1.54) is 4.90 Å². The molecule has 1 aliphatic heterocycles. The number of hydrogen-bond donors (Lipinski definition) is 1. The Morgan fingerprint density at radius 2 is 2.14 bits per heavy atom. The fourth-order valence-electron chi connectivity index (χ4n) is 2.38. The summed E-state index contributed by atoms with van der Waals surface area (Å²) in [6, 6.07) is 5.02. The molecule has 0 saturated carbocycles. The van der Waals surface area contributed by atoms with Gasteiger partial charge in [0, 0.05) is 6.07 Å². The van der Waals surface area contributed by atoms with Gasteiger partial charge >= 0.3 is 5.97 Å². The van der Waals surface area contributed by atoms with Crippen LogP contribution in [0.5, 0.6) is 5.75 Å². The maximum Gasteiger partial charge on any atom is 0.326 e. The number of rotatable bonds is 6. The Balaban J connectivity index is 2.27. The number of hydrogen-bond acceptors (Lipinski definition) is 5. The summed E-state index contributed by atoms with van der Waals surface area (Å²) in [4.78, 5) is 25.9. The van der Waals surface area contributed by atoms with Crippen molar-refractivity contribution in [2.75, 3.05) is 30.5 Å². The van der Waals surface area contributed by atoms with Crippen LogP contribution in [0.15, 0.2) is 18.2 Å². The number of esters is 1. The third-order valence-corrected chi connectivity index (χ3v) is 3.55. The van der Waals surface area contributed by atoms with Crippen LogP contribution in [0.4, 0.5) is 11.4 Å². The number of ether oxygens (including phenoxy) is 2. The molecule has 1 aromatic carbocycles. The number of benzene rings is 1. The predicted octanol–water partition coefficient (Wildman–Crippen LogP) is 2.19. The van der Waals surface area contributed by atoms with Gasteiger partial charge in [0.15, 0.2) is 0 Å². The first-order valence-corrected chi connectivity index (χ1v) is 7.52. The molecule has 1 N–H and O–H groups in total. The minimum Gasteiger partial charge on any atom is -0.497 e. The number of nitrogens with one attached hydrogen (secondary N) is 1. The Morgan fingerprint density at radius 3 is 2.77 bits per heavy atom. The molecule has 0 aliphatic carbocycles. The lowest BCUT2D eigenvalue weighted by molar-refractivity contribution is -0.143. The van der Waals surface area contributed by atoms with E-state index in [4.69, 9.17) is 9.47 Å². The summed E-state index contributed by atoms with van der Waals surface area (Å²) in [5, 5.41) is 3.19. The Hall–Kier alpha value is -2.24. The average Bonchev–Trinajstić information content (AvgIpc) is 2.54. The zero-order valence-corrected chi connectivity index (χ0v) is 13.2. The van der Waals surface area contributed by atoms with Gasteiger partial charge < -0.3 is 14.8 Å². The lowest BCUT2D eigenvalue weighted by Crippen LogP contribution is -2.49. The first-order valence-electron chi connectivity index (χ1n) is 7.52. The maximum absolute atomic E-state index is 12.5. The summed E-state index contributed by atoms with van der Waals surface area (Å²) < 4.78 is 10.3. The van der Waals surface area contributed by atoms with Crippen molar-refractivity contribution in [3.05, 3.63) is 18.2 Å². The van der Waals surface area contributed by atoms with Gasteiger partial charge in [-0.1, -0.05) is 13.8 Å².